The molecule has 0 aliphatic carbocycles. The maximum Gasteiger partial charge on any atom is 0.357 e. The predicted molar refractivity (Wildman–Crippen MR) is 76.1 cm³/mol. The largest absolute Gasteiger partial charge is 0.461 e. The Morgan fingerprint density at radius 2 is 2.00 bits per heavy atom. The van der Waals surface area contributed by atoms with Crippen molar-refractivity contribution in [1.82, 2.24) is 9.97 Å². The van der Waals surface area contributed by atoms with Crippen LogP contribution < -0.4 is 0 Å². The number of nitrogens with zero attached hydrogens (tertiary/aromatic N) is 2. The lowest BCUT2D eigenvalue weighted by Crippen LogP contribution is -2.08. The first-order valence-corrected chi connectivity index (χ1v) is 6.75. The van der Waals surface area contributed by atoms with E-state index < -0.39 is 5.97 Å². The van der Waals surface area contributed by atoms with Gasteiger partial charge >= 0.3 is 5.97 Å². The topological polar surface area (TPSA) is 52.1 Å². The van der Waals surface area contributed by atoms with Crippen LogP contribution in [0.25, 0.3) is 11.4 Å². The van der Waals surface area contributed by atoms with Crippen LogP contribution in [0.15, 0.2) is 34.8 Å². The van der Waals surface area contributed by atoms with E-state index in [0.717, 1.165) is 10.0 Å². The number of carbonyl (C=O) groups excluding carboxylic acids is 1. The summed E-state index contributed by atoms with van der Waals surface area (Å²) in [7, 11) is 0. The number of halogens is 2. The summed E-state index contributed by atoms with van der Waals surface area (Å²) in [6.45, 7) is 2.02. The van der Waals surface area contributed by atoms with Crippen molar-refractivity contribution in [2.45, 2.75) is 6.92 Å². The number of carbonyl (C=O) groups is 1. The lowest BCUT2D eigenvalue weighted by atomic mass is 10.2. The second-order valence-electron chi connectivity index (χ2n) is 3.63. The maximum atomic E-state index is 11.7. The monoisotopic (exact) mass is 340 g/mol. The summed E-state index contributed by atoms with van der Waals surface area (Å²) in [4.78, 5) is 19.9. The standard InChI is InChI=1S/C13H10BrClN2O2/c1-2-19-13(18)10-7-11(15)17-12(16-10)8-3-5-9(14)6-4-8/h3-7H,2H2,1H3. The first kappa shape index (κ1) is 14.0. The lowest BCUT2D eigenvalue weighted by Gasteiger charge is -2.05. The molecule has 2 rings (SSSR count). The van der Waals surface area contributed by atoms with Gasteiger partial charge in [0.05, 0.1) is 6.61 Å². The highest BCUT2D eigenvalue weighted by molar-refractivity contribution is 9.10. The molecule has 0 saturated carbocycles. The highest BCUT2D eigenvalue weighted by Crippen LogP contribution is 2.20. The fourth-order valence-corrected chi connectivity index (χ4v) is 1.90. The van der Waals surface area contributed by atoms with Crippen molar-refractivity contribution < 1.29 is 9.53 Å². The number of hydrogen-bond acceptors (Lipinski definition) is 4. The van der Waals surface area contributed by atoms with Gasteiger partial charge in [0.2, 0.25) is 0 Å². The van der Waals surface area contributed by atoms with Crippen molar-refractivity contribution in [2.24, 2.45) is 0 Å². The number of aromatic nitrogens is 2. The minimum Gasteiger partial charge on any atom is -0.461 e. The highest BCUT2D eigenvalue weighted by atomic mass is 79.9. The van der Waals surface area contributed by atoms with Gasteiger partial charge < -0.3 is 4.74 Å². The van der Waals surface area contributed by atoms with Crippen molar-refractivity contribution in [1.29, 1.82) is 0 Å². The van der Waals surface area contributed by atoms with Crippen LogP contribution in [-0.2, 0) is 4.74 Å². The van der Waals surface area contributed by atoms with Crippen LogP contribution in [0.4, 0.5) is 0 Å². The van der Waals surface area contributed by atoms with Crippen LogP contribution in [0, 0.1) is 0 Å². The first-order valence-electron chi connectivity index (χ1n) is 5.58. The van der Waals surface area contributed by atoms with Crippen LogP contribution >= 0.6 is 27.5 Å². The van der Waals surface area contributed by atoms with E-state index in [4.69, 9.17) is 16.3 Å². The van der Waals surface area contributed by atoms with Gasteiger partial charge in [-0.05, 0) is 19.1 Å². The van der Waals surface area contributed by atoms with Crippen molar-refractivity contribution in [3.8, 4) is 11.4 Å². The van der Waals surface area contributed by atoms with E-state index in [1.807, 2.05) is 24.3 Å². The van der Waals surface area contributed by atoms with Crippen LogP contribution in [0.2, 0.25) is 5.15 Å². The molecule has 1 heterocycles. The fraction of sp³-hybridized carbons (Fsp3) is 0.154. The number of benzene rings is 1. The molecule has 0 saturated heterocycles. The molecule has 1 aromatic carbocycles. The molecular formula is C13H10BrClN2O2. The quantitative estimate of drug-likeness (QED) is 0.630. The third kappa shape index (κ3) is 3.52. The van der Waals surface area contributed by atoms with E-state index in [2.05, 4.69) is 25.9 Å². The van der Waals surface area contributed by atoms with E-state index in [1.165, 1.54) is 6.07 Å². The van der Waals surface area contributed by atoms with E-state index in [0.29, 0.717) is 5.82 Å². The van der Waals surface area contributed by atoms with Crippen molar-refractivity contribution >= 4 is 33.5 Å². The molecule has 19 heavy (non-hydrogen) atoms. The molecule has 0 aliphatic rings. The summed E-state index contributed by atoms with van der Waals surface area (Å²) in [6.07, 6.45) is 0. The van der Waals surface area contributed by atoms with Gasteiger partial charge in [-0.2, -0.15) is 0 Å². The average molecular weight is 342 g/mol. The second kappa shape index (κ2) is 6.12. The molecule has 0 radical (unpaired) electrons. The zero-order chi connectivity index (χ0) is 13.8. The SMILES string of the molecule is CCOC(=O)c1cc(Cl)nc(-c2ccc(Br)cc2)n1. The zero-order valence-electron chi connectivity index (χ0n) is 10.1. The molecule has 98 valence electrons. The Labute approximate surface area is 123 Å². The summed E-state index contributed by atoms with van der Waals surface area (Å²) < 4.78 is 5.85. The molecule has 0 unspecified atom stereocenters. The summed E-state index contributed by atoms with van der Waals surface area (Å²) in [5.41, 5.74) is 0.927. The van der Waals surface area contributed by atoms with Gasteiger partial charge in [-0.3, -0.25) is 0 Å². The Bertz CT molecular complexity index is 602. The van der Waals surface area contributed by atoms with Gasteiger partial charge in [0, 0.05) is 16.1 Å². The van der Waals surface area contributed by atoms with Gasteiger partial charge in [0.1, 0.15) is 5.15 Å². The molecule has 0 spiro atoms. The molecule has 2 aromatic rings. The third-order valence-electron chi connectivity index (χ3n) is 2.28. The molecule has 4 nitrogen and oxygen atoms in total. The van der Waals surface area contributed by atoms with Crippen molar-refractivity contribution in [3.63, 3.8) is 0 Å². The number of ether oxygens (including phenoxy) is 1. The van der Waals surface area contributed by atoms with E-state index in [1.54, 1.807) is 6.92 Å². The van der Waals surface area contributed by atoms with Crippen molar-refractivity contribution in [3.05, 3.63) is 45.7 Å². The number of rotatable bonds is 3. The van der Waals surface area contributed by atoms with E-state index in [9.17, 15) is 4.79 Å². The summed E-state index contributed by atoms with van der Waals surface area (Å²) in [5.74, 6) is -0.117. The molecule has 0 aliphatic heterocycles. The number of esters is 1. The average Bonchev–Trinajstić information content (AvgIpc) is 2.39. The summed E-state index contributed by atoms with van der Waals surface area (Å²) in [5, 5.41) is 0.205. The van der Waals surface area contributed by atoms with Gasteiger partial charge in [0.15, 0.2) is 11.5 Å². The zero-order valence-corrected chi connectivity index (χ0v) is 12.4. The molecule has 0 bridgehead atoms. The van der Waals surface area contributed by atoms with E-state index in [-0.39, 0.29) is 17.5 Å². The predicted octanol–water partition coefficient (Wildman–Crippen LogP) is 3.74. The van der Waals surface area contributed by atoms with E-state index >= 15 is 0 Å². The normalized spacial score (nSPS) is 10.3. The molecule has 0 amide bonds. The minimum absolute atomic E-state index is 0.153. The second-order valence-corrected chi connectivity index (χ2v) is 4.93. The lowest BCUT2D eigenvalue weighted by molar-refractivity contribution is 0.0519. The van der Waals surface area contributed by atoms with Crippen LogP contribution in [0.3, 0.4) is 0 Å². The van der Waals surface area contributed by atoms with Crippen LogP contribution in [-0.4, -0.2) is 22.5 Å². The van der Waals surface area contributed by atoms with Gasteiger partial charge in [-0.25, -0.2) is 14.8 Å². The Kier molecular flexibility index (Phi) is 4.50. The molecule has 1 aromatic heterocycles. The Morgan fingerprint density at radius 3 is 2.63 bits per heavy atom. The summed E-state index contributed by atoms with van der Waals surface area (Å²) in [6, 6.07) is 8.80. The fourth-order valence-electron chi connectivity index (χ4n) is 1.46. The smallest absolute Gasteiger partial charge is 0.357 e. The van der Waals surface area contributed by atoms with Gasteiger partial charge in [-0.15, -0.1) is 0 Å². The van der Waals surface area contributed by atoms with Crippen LogP contribution in [0.5, 0.6) is 0 Å². The number of hydrogen-bond donors (Lipinski definition) is 0. The Hall–Kier alpha value is -1.46. The Balaban J connectivity index is 2.41. The molecule has 0 fully saturated rings. The third-order valence-corrected chi connectivity index (χ3v) is 3.00. The minimum atomic E-state index is -0.509. The van der Waals surface area contributed by atoms with Gasteiger partial charge in [-0.1, -0.05) is 39.7 Å². The highest BCUT2D eigenvalue weighted by Gasteiger charge is 2.13. The Morgan fingerprint density at radius 1 is 1.32 bits per heavy atom. The van der Waals surface area contributed by atoms with Crippen molar-refractivity contribution in [2.75, 3.05) is 6.61 Å². The molecule has 0 atom stereocenters. The molecule has 6 heteroatoms. The maximum absolute atomic E-state index is 11.7. The van der Waals surface area contributed by atoms with Crippen LogP contribution in [0.1, 0.15) is 17.4 Å². The molecular weight excluding hydrogens is 332 g/mol. The first-order chi connectivity index (χ1) is 9.10. The van der Waals surface area contributed by atoms with Gasteiger partial charge in [0.25, 0.3) is 0 Å². The molecule has 0 N–H and O–H groups in total. The summed E-state index contributed by atoms with van der Waals surface area (Å²) >= 11 is 9.26.